The van der Waals surface area contributed by atoms with Gasteiger partial charge in [-0.2, -0.15) is 5.26 Å². The van der Waals surface area contributed by atoms with E-state index in [1.807, 2.05) is 12.1 Å². The lowest BCUT2D eigenvalue weighted by molar-refractivity contribution is 0.534. The number of nitrogens with zero attached hydrogens (tertiary/aromatic N) is 2. The van der Waals surface area contributed by atoms with E-state index >= 15 is 0 Å². The van der Waals surface area contributed by atoms with Crippen molar-refractivity contribution in [1.29, 1.82) is 5.26 Å². The van der Waals surface area contributed by atoms with Gasteiger partial charge in [0.1, 0.15) is 11.8 Å². The zero-order valence-corrected chi connectivity index (χ0v) is 11.0. The van der Waals surface area contributed by atoms with E-state index in [0.29, 0.717) is 24.0 Å². The van der Waals surface area contributed by atoms with E-state index < -0.39 is 10.8 Å². The van der Waals surface area contributed by atoms with Gasteiger partial charge in [-0.15, -0.1) is 0 Å². The van der Waals surface area contributed by atoms with Gasteiger partial charge >= 0.3 is 0 Å². The van der Waals surface area contributed by atoms with Gasteiger partial charge in [0.15, 0.2) is 0 Å². The lowest BCUT2D eigenvalue weighted by Gasteiger charge is -2.12. The van der Waals surface area contributed by atoms with Gasteiger partial charge in [-0.25, -0.2) is 4.98 Å². The van der Waals surface area contributed by atoms with Crippen LogP contribution in [0.2, 0.25) is 0 Å². The molecule has 0 radical (unpaired) electrons. The van der Waals surface area contributed by atoms with Crippen LogP contribution in [0.25, 0.3) is 0 Å². The van der Waals surface area contributed by atoms with Crippen molar-refractivity contribution in [3.05, 3.63) is 29.6 Å². The fourth-order valence-corrected chi connectivity index (χ4v) is 2.07. The summed E-state index contributed by atoms with van der Waals surface area (Å²) >= 11 is 0. The van der Waals surface area contributed by atoms with Gasteiger partial charge in [-0.1, -0.05) is 0 Å². The van der Waals surface area contributed by atoms with E-state index in [2.05, 4.69) is 17.2 Å². The van der Waals surface area contributed by atoms with E-state index in [0.717, 1.165) is 12.0 Å². The van der Waals surface area contributed by atoms with Crippen LogP contribution in [0.15, 0.2) is 18.3 Å². The summed E-state index contributed by atoms with van der Waals surface area (Å²) in [5.41, 5.74) is 1.48. The normalized spacial score (nSPS) is 13.9. The molecule has 1 rings (SSSR count). The van der Waals surface area contributed by atoms with Crippen molar-refractivity contribution >= 4 is 10.8 Å². The van der Waals surface area contributed by atoms with Gasteiger partial charge in [0, 0.05) is 41.6 Å². The second-order valence-corrected chi connectivity index (χ2v) is 5.56. The first-order valence-electron chi connectivity index (χ1n) is 5.50. The quantitative estimate of drug-likeness (QED) is 0.825. The van der Waals surface area contributed by atoms with E-state index in [1.165, 1.54) is 0 Å². The molecule has 0 aliphatic carbocycles. The Labute approximate surface area is 105 Å². The van der Waals surface area contributed by atoms with Gasteiger partial charge in [0.25, 0.3) is 0 Å². The Balaban J connectivity index is 2.39. The molecule has 17 heavy (non-hydrogen) atoms. The molecular weight excluding hydrogens is 234 g/mol. The zero-order valence-electron chi connectivity index (χ0n) is 10.1. The van der Waals surface area contributed by atoms with Crippen molar-refractivity contribution in [2.45, 2.75) is 25.9 Å². The summed E-state index contributed by atoms with van der Waals surface area (Å²) in [6.45, 7) is 2.77. The first kappa shape index (κ1) is 13.8. The first-order valence-corrected chi connectivity index (χ1v) is 7.23. The van der Waals surface area contributed by atoms with Crippen LogP contribution < -0.4 is 5.32 Å². The molecule has 0 aliphatic rings. The SMILES string of the molecule is CC(CCS(C)=O)NCc1ccnc(C#N)c1. The Morgan fingerprint density at radius 1 is 1.65 bits per heavy atom. The summed E-state index contributed by atoms with van der Waals surface area (Å²) in [6, 6.07) is 6.00. The first-order chi connectivity index (χ1) is 8.11. The van der Waals surface area contributed by atoms with Crippen LogP contribution in [0.3, 0.4) is 0 Å². The highest BCUT2D eigenvalue weighted by Crippen LogP contribution is 2.02. The number of nitrogens with one attached hydrogen (secondary N) is 1. The molecule has 0 saturated carbocycles. The molecule has 1 aromatic rings. The molecule has 0 fully saturated rings. The zero-order chi connectivity index (χ0) is 12.7. The van der Waals surface area contributed by atoms with E-state index in [9.17, 15) is 4.21 Å². The third-order valence-electron chi connectivity index (χ3n) is 2.43. The molecule has 1 N–H and O–H groups in total. The second-order valence-electron chi connectivity index (χ2n) is 4.01. The molecule has 0 bridgehead atoms. The number of hydrogen-bond acceptors (Lipinski definition) is 4. The molecule has 2 unspecified atom stereocenters. The summed E-state index contributed by atoms with van der Waals surface area (Å²) in [7, 11) is -0.732. The maximum Gasteiger partial charge on any atom is 0.140 e. The number of hydrogen-bond donors (Lipinski definition) is 1. The Hall–Kier alpha value is -1.25. The van der Waals surface area contributed by atoms with Crippen molar-refractivity contribution in [2.75, 3.05) is 12.0 Å². The van der Waals surface area contributed by atoms with Gasteiger partial charge in [0.05, 0.1) is 0 Å². The monoisotopic (exact) mass is 251 g/mol. The largest absolute Gasteiger partial charge is 0.310 e. The molecule has 92 valence electrons. The maximum absolute atomic E-state index is 10.9. The van der Waals surface area contributed by atoms with E-state index in [4.69, 9.17) is 5.26 Å². The van der Waals surface area contributed by atoms with Gasteiger partial charge in [0.2, 0.25) is 0 Å². The number of pyridine rings is 1. The minimum atomic E-state index is -0.732. The smallest absolute Gasteiger partial charge is 0.140 e. The molecule has 0 aliphatic heterocycles. The molecule has 4 nitrogen and oxygen atoms in total. The molecular formula is C12H17N3OS. The molecule has 1 heterocycles. The molecule has 1 aromatic heterocycles. The van der Waals surface area contributed by atoms with Crippen molar-refractivity contribution in [3.8, 4) is 6.07 Å². The molecule has 0 saturated heterocycles. The molecule has 0 amide bonds. The van der Waals surface area contributed by atoms with Gasteiger partial charge in [-0.3, -0.25) is 4.21 Å². The second kappa shape index (κ2) is 7.15. The topological polar surface area (TPSA) is 65.8 Å². The minimum Gasteiger partial charge on any atom is -0.310 e. The van der Waals surface area contributed by atoms with Gasteiger partial charge < -0.3 is 5.32 Å². The highest BCUT2D eigenvalue weighted by molar-refractivity contribution is 7.84. The third kappa shape index (κ3) is 5.57. The Morgan fingerprint density at radius 2 is 2.41 bits per heavy atom. The van der Waals surface area contributed by atoms with Crippen molar-refractivity contribution in [2.24, 2.45) is 0 Å². The predicted molar refractivity (Wildman–Crippen MR) is 68.8 cm³/mol. The Morgan fingerprint density at radius 3 is 3.06 bits per heavy atom. The summed E-state index contributed by atoms with van der Waals surface area (Å²) in [5, 5.41) is 12.1. The average Bonchev–Trinajstić information content (AvgIpc) is 2.34. The fraction of sp³-hybridized carbons (Fsp3) is 0.500. The van der Waals surface area contributed by atoms with Crippen LogP contribution in [-0.2, 0) is 17.3 Å². The number of nitriles is 1. The fourth-order valence-electron chi connectivity index (χ4n) is 1.38. The minimum absolute atomic E-state index is 0.317. The Bertz CT molecular complexity index is 428. The van der Waals surface area contributed by atoms with Crippen LogP contribution >= 0.6 is 0 Å². The summed E-state index contributed by atoms with van der Waals surface area (Å²) in [6.07, 6.45) is 4.25. The average molecular weight is 251 g/mol. The van der Waals surface area contributed by atoms with Crippen LogP contribution in [0, 0.1) is 11.3 Å². The molecule has 2 atom stereocenters. The van der Waals surface area contributed by atoms with Crippen molar-refractivity contribution in [1.82, 2.24) is 10.3 Å². The third-order valence-corrected chi connectivity index (χ3v) is 3.24. The van der Waals surface area contributed by atoms with Crippen molar-refractivity contribution in [3.63, 3.8) is 0 Å². The predicted octanol–water partition coefficient (Wildman–Crippen LogP) is 1.20. The maximum atomic E-state index is 10.9. The molecule has 0 aromatic carbocycles. The van der Waals surface area contributed by atoms with Crippen LogP contribution in [-0.4, -0.2) is 27.2 Å². The lowest BCUT2D eigenvalue weighted by Crippen LogP contribution is -2.27. The molecule has 5 heteroatoms. The van der Waals surface area contributed by atoms with Gasteiger partial charge in [-0.05, 0) is 31.0 Å². The van der Waals surface area contributed by atoms with E-state index in [-0.39, 0.29) is 0 Å². The standard InChI is InChI=1S/C12H17N3OS/c1-10(4-6-17(2)16)15-9-11-3-5-14-12(7-11)8-13/h3,5,7,10,15H,4,6,9H2,1-2H3. The van der Waals surface area contributed by atoms with Crippen molar-refractivity contribution < 1.29 is 4.21 Å². The summed E-state index contributed by atoms with van der Waals surface area (Å²) < 4.78 is 10.9. The Kier molecular flexibility index (Phi) is 5.81. The highest BCUT2D eigenvalue weighted by atomic mass is 32.2. The number of aromatic nitrogens is 1. The summed E-state index contributed by atoms with van der Waals surface area (Å²) in [4.78, 5) is 3.92. The van der Waals surface area contributed by atoms with E-state index in [1.54, 1.807) is 18.5 Å². The lowest BCUT2D eigenvalue weighted by atomic mass is 10.2. The molecule has 0 spiro atoms. The summed E-state index contributed by atoms with van der Waals surface area (Å²) in [5.74, 6) is 0.716. The van der Waals surface area contributed by atoms with Crippen LogP contribution in [0.1, 0.15) is 24.6 Å². The van der Waals surface area contributed by atoms with Crippen LogP contribution in [0.5, 0.6) is 0 Å². The van der Waals surface area contributed by atoms with Crippen LogP contribution in [0.4, 0.5) is 0 Å². The number of rotatable bonds is 6. The highest BCUT2D eigenvalue weighted by Gasteiger charge is 2.03.